The van der Waals surface area contributed by atoms with Gasteiger partial charge in [-0.05, 0) is 84.1 Å². The van der Waals surface area contributed by atoms with Gasteiger partial charge < -0.3 is 4.90 Å². The van der Waals surface area contributed by atoms with Crippen LogP contribution in [0.1, 0.15) is 43.2 Å². The van der Waals surface area contributed by atoms with E-state index in [4.69, 9.17) is 0 Å². The molecule has 0 amide bonds. The molecule has 11 rings (SSSR count). The SMILES string of the molecule is C1=CC2Sc3ccccc3C3(C2C=C1)C1C=CC(c2ccccc2)=CC1SC1C=C(C2CCC4C(C2)C2=C(CCC=C2)N4c2ccccc2)C=CC13. The molecule has 5 aliphatic carbocycles. The topological polar surface area (TPSA) is 3.24 Å². The number of benzene rings is 3. The molecule has 1 saturated heterocycles. The molecule has 3 aliphatic heterocycles. The summed E-state index contributed by atoms with van der Waals surface area (Å²) in [6, 6.07) is 32.3. The number of thioether (sulfide) groups is 2. The van der Waals surface area contributed by atoms with Gasteiger partial charge in [0.25, 0.3) is 0 Å². The van der Waals surface area contributed by atoms with E-state index >= 15 is 0 Å². The van der Waals surface area contributed by atoms with Gasteiger partial charge in [-0.15, -0.1) is 23.5 Å². The predicted octanol–water partition coefficient (Wildman–Crippen LogP) is 11.9. The standard InChI is InChI=1S/C49H45NS2/c1-3-13-32(14-4-1)34-23-26-41-47(30-34)52-48-31-35(24-27-42(48)49(41)39-18-8-11-21-45(39)51-46-22-12-9-19-40(46)49)33-25-28-44-38(29-33)37-17-7-10-20-43(37)50(44)36-15-5-2-6-16-36/h1-9,11-19,21-24,26-27,30-31,33,38-39,41-42,44-45,47-48H,10,20,25,28-29H2. The van der Waals surface area contributed by atoms with Crippen LogP contribution in [-0.2, 0) is 5.41 Å². The average Bonchev–Trinajstić information content (AvgIpc) is 3.55. The van der Waals surface area contributed by atoms with Crippen molar-refractivity contribution in [2.45, 2.75) is 64.2 Å². The van der Waals surface area contributed by atoms with Crippen LogP contribution < -0.4 is 4.90 Å². The summed E-state index contributed by atoms with van der Waals surface area (Å²) in [5.41, 5.74) is 10.5. The predicted molar refractivity (Wildman–Crippen MR) is 221 cm³/mol. The summed E-state index contributed by atoms with van der Waals surface area (Å²) in [6.45, 7) is 0. The molecule has 1 spiro atoms. The first-order valence-corrected chi connectivity index (χ1v) is 21.5. The third kappa shape index (κ3) is 4.77. The molecule has 2 fully saturated rings. The molecule has 10 atom stereocenters. The molecule has 258 valence electrons. The smallest absolute Gasteiger partial charge is 0.0411 e. The lowest BCUT2D eigenvalue weighted by Crippen LogP contribution is -2.60. The summed E-state index contributed by atoms with van der Waals surface area (Å²) in [6.07, 6.45) is 36.6. The number of hydrogen-bond donors (Lipinski definition) is 0. The van der Waals surface area contributed by atoms with E-state index in [1.165, 1.54) is 47.4 Å². The van der Waals surface area contributed by atoms with Gasteiger partial charge in [-0.3, -0.25) is 0 Å². The fraction of sp³-hybridized carbons (Fsp3) is 0.306. The molecular formula is C49H45NS2. The Labute approximate surface area is 317 Å². The molecule has 3 aromatic carbocycles. The zero-order valence-corrected chi connectivity index (χ0v) is 31.1. The van der Waals surface area contributed by atoms with Crippen LogP contribution in [-0.4, -0.2) is 21.8 Å². The molecule has 10 unspecified atom stereocenters. The number of hydrogen-bond acceptors (Lipinski definition) is 3. The molecular weight excluding hydrogens is 667 g/mol. The summed E-state index contributed by atoms with van der Waals surface area (Å²) >= 11 is 4.34. The highest BCUT2D eigenvalue weighted by Gasteiger charge is 2.62. The van der Waals surface area contributed by atoms with Crippen LogP contribution in [0.25, 0.3) is 5.57 Å². The van der Waals surface area contributed by atoms with E-state index in [-0.39, 0.29) is 5.41 Å². The van der Waals surface area contributed by atoms with Gasteiger partial charge in [0.15, 0.2) is 0 Å². The first-order chi connectivity index (χ1) is 25.8. The van der Waals surface area contributed by atoms with E-state index in [2.05, 4.69) is 186 Å². The Morgan fingerprint density at radius 2 is 1.42 bits per heavy atom. The molecule has 8 aliphatic rings. The summed E-state index contributed by atoms with van der Waals surface area (Å²) in [4.78, 5) is 4.23. The number of rotatable bonds is 3. The normalized spacial score (nSPS) is 36.3. The summed E-state index contributed by atoms with van der Waals surface area (Å²) in [7, 11) is 0. The summed E-state index contributed by atoms with van der Waals surface area (Å²) in [5, 5.41) is 1.29. The second kappa shape index (κ2) is 12.6. The molecule has 3 aromatic rings. The highest BCUT2D eigenvalue weighted by atomic mass is 32.2. The maximum absolute atomic E-state index is 2.78. The van der Waals surface area contributed by atoms with Gasteiger partial charge in [0.05, 0.1) is 0 Å². The third-order valence-electron chi connectivity index (χ3n) is 13.7. The zero-order chi connectivity index (χ0) is 34.2. The number of anilines is 1. The minimum absolute atomic E-state index is 0.0198. The molecule has 0 aromatic heterocycles. The molecule has 3 heterocycles. The number of nitrogens with zero attached hydrogens (tertiary/aromatic N) is 1. The summed E-state index contributed by atoms with van der Waals surface area (Å²) in [5.74, 6) is 2.49. The minimum Gasteiger partial charge on any atom is -0.341 e. The van der Waals surface area contributed by atoms with Crippen molar-refractivity contribution >= 4 is 34.8 Å². The van der Waals surface area contributed by atoms with Gasteiger partial charge in [-0.25, -0.2) is 0 Å². The highest BCUT2D eigenvalue weighted by Crippen LogP contribution is 2.66. The Morgan fingerprint density at radius 1 is 0.673 bits per heavy atom. The van der Waals surface area contributed by atoms with Crippen molar-refractivity contribution in [3.8, 4) is 0 Å². The quantitative estimate of drug-likeness (QED) is 0.266. The Bertz CT molecular complexity index is 2150. The fourth-order valence-electron chi connectivity index (χ4n) is 11.6. The van der Waals surface area contributed by atoms with Gasteiger partial charge in [0.2, 0.25) is 0 Å². The third-order valence-corrected chi connectivity index (χ3v) is 16.5. The van der Waals surface area contributed by atoms with E-state index in [0.29, 0.717) is 51.4 Å². The molecule has 0 N–H and O–H groups in total. The van der Waals surface area contributed by atoms with Crippen LogP contribution in [0, 0.1) is 29.6 Å². The Hall–Kier alpha value is -3.92. The maximum Gasteiger partial charge on any atom is 0.0411 e. The second-order valence-electron chi connectivity index (χ2n) is 16.0. The van der Waals surface area contributed by atoms with Crippen LogP contribution >= 0.6 is 23.5 Å². The Morgan fingerprint density at radius 3 is 2.31 bits per heavy atom. The van der Waals surface area contributed by atoms with Crippen molar-refractivity contribution in [3.05, 3.63) is 186 Å². The van der Waals surface area contributed by atoms with E-state index in [1.54, 1.807) is 22.4 Å². The largest absolute Gasteiger partial charge is 0.341 e. The van der Waals surface area contributed by atoms with E-state index in [0.717, 1.165) is 6.42 Å². The molecule has 1 saturated carbocycles. The molecule has 3 heteroatoms. The van der Waals surface area contributed by atoms with Gasteiger partial charge >= 0.3 is 0 Å². The second-order valence-corrected chi connectivity index (χ2v) is 18.6. The van der Waals surface area contributed by atoms with Crippen molar-refractivity contribution in [1.29, 1.82) is 0 Å². The van der Waals surface area contributed by atoms with E-state index in [9.17, 15) is 0 Å². The molecule has 1 nitrogen and oxygen atoms in total. The molecule has 0 radical (unpaired) electrons. The Balaban J connectivity index is 0.986. The van der Waals surface area contributed by atoms with Crippen LogP contribution in [0.2, 0.25) is 0 Å². The summed E-state index contributed by atoms with van der Waals surface area (Å²) < 4.78 is 0. The monoisotopic (exact) mass is 711 g/mol. The lowest BCUT2D eigenvalue weighted by atomic mass is 9.51. The van der Waals surface area contributed by atoms with Crippen LogP contribution in [0.15, 0.2) is 180 Å². The number of fused-ring (bicyclic) bond motifs is 10. The van der Waals surface area contributed by atoms with Crippen molar-refractivity contribution in [3.63, 3.8) is 0 Å². The van der Waals surface area contributed by atoms with Gasteiger partial charge in [0.1, 0.15) is 0 Å². The lowest BCUT2D eigenvalue weighted by Gasteiger charge is -2.61. The van der Waals surface area contributed by atoms with Gasteiger partial charge in [-0.2, -0.15) is 0 Å². The van der Waals surface area contributed by atoms with Crippen LogP contribution in [0.3, 0.4) is 0 Å². The van der Waals surface area contributed by atoms with Gasteiger partial charge in [0, 0.05) is 67.2 Å². The first-order valence-electron chi connectivity index (χ1n) is 19.6. The number of para-hydroxylation sites is 1. The van der Waals surface area contributed by atoms with Crippen molar-refractivity contribution in [2.24, 2.45) is 29.6 Å². The lowest BCUT2D eigenvalue weighted by molar-refractivity contribution is 0.159. The van der Waals surface area contributed by atoms with Crippen molar-refractivity contribution in [1.82, 2.24) is 0 Å². The van der Waals surface area contributed by atoms with E-state index in [1.807, 2.05) is 0 Å². The van der Waals surface area contributed by atoms with Crippen molar-refractivity contribution in [2.75, 3.05) is 4.90 Å². The van der Waals surface area contributed by atoms with E-state index < -0.39 is 0 Å². The van der Waals surface area contributed by atoms with Gasteiger partial charge in [-0.1, -0.05) is 140 Å². The molecule has 52 heavy (non-hydrogen) atoms. The fourth-order valence-corrected chi connectivity index (χ4v) is 14.9. The van der Waals surface area contributed by atoms with Crippen LogP contribution in [0.5, 0.6) is 0 Å². The minimum atomic E-state index is -0.0198. The maximum atomic E-state index is 2.78. The highest BCUT2D eigenvalue weighted by molar-refractivity contribution is 8.01. The molecule has 0 bridgehead atoms. The number of allylic oxidation sites excluding steroid dienone is 12. The zero-order valence-electron chi connectivity index (χ0n) is 29.5. The Kier molecular flexibility index (Phi) is 7.65. The van der Waals surface area contributed by atoms with Crippen molar-refractivity contribution < 1.29 is 0 Å². The average molecular weight is 712 g/mol. The first kappa shape index (κ1) is 31.6. The van der Waals surface area contributed by atoms with Crippen LogP contribution in [0.4, 0.5) is 5.69 Å².